The van der Waals surface area contributed by atoms with Crippen molar-refractivity contribution in [3.63, 3.8) is 0 Å². The van der Waals surface area contributed by atoms with Gasteiger partial charge in [0.2, 0.25) is 0 Å². The number of rotatable bonds is 6. The lowest BCUT2D eigenvalue weighted by molar-refractivity contribution is 0.101. The van der Waals surface area contributed by atoms with Crippen molar-refractivity contribution in [2.24, 2.45) is 0 Å². The van der Waals surface area contributed by atoms with Gasteiger partial charge in [-0.25, -0.2) is 13.4 Å². The fourth-order valence-corrected chi connectivity index (χ4v) is 3.62. The van der Waals surface area contributed by atoms with Crippen molar-refractivity contribution in [1.82, 2.24) is 9.97 Å². The number of hydrogen-bond acceptors (Lipinski definition) is 8. The maximum atomic E-state index is 12.7. The minimum Gasteiger partial charge on any atom is -0.495 e. The Morgan fingerprint density at radius 1 is 1.40 bits per heavy atom. The number of methoxy groups -OCH3 is 1. The zero-order valence-electron chi connectivity index (χ0n) is 13.6. The molecule has 2 rings (SSSR count). The van der Waals surface area contributed by atoms with Crippen LogP contribution in [-0.2, 0) is 10.0 Å². The summed E-state index contributed by atoms with van der Waals surface area (Å²) in [5, 5.41) is 0.251. The number of nitrogen functional groups attached to an aromatic ring is 1. The van der Waals surface area contributed by atoms with Crippen LogP contribution in [0.5, 0.6) is 5.75 Å². The molecule has 11 heteroatoms. The van der Waals surface area contributed by atoms with Gasteiger partial charge in [0.05, 0.1) is 7.11 Å². The Kier molecular flexibility index (Phi) is 5.38. The first-order chi connectivity index (χ1) is 11.7. The van der Waals surface area contributed by atoms with E-state index in [0.29, 0.717) is 0 Å². The van der Waals surface area contributed by atoms with Gasteiger partial charge in [-0.2, -0.15) is 0 Å². The third-order valence-electron chi connectivity index (χ3n) is 3.22. The van der Waals surface area contributed by atoms with Gasteiger partial charge in [0.1, 0.15) is 10.6 Å². The van der Waals surface area contributed by atoms with Crippen LogP contribution in [0.25, 0.3) is 0 Å². The first kappa shape index (κ1) is 18.8. The molecule has 0 radical (unpaired) electrons. The Bertz CT molecular complexity index is 985. The number of carbonyl (C=O) groups excluding carboxylic acids is 1. The molecule has 0 unspecified atom stereocenters. The van der Waals surface area contributed by atoms with Gasteiger partial charge in [-0.15, -0.1) is 0 Å². The molecule has 4 N–H and O–H groups in total. The van der Waals surface area contributed by atoms with E-state index >= 15 is 0 Å². The number of carbonyl (C=O) groups is 1. The second-order valence-electron chi connectivity index (χ2n) is 4.86. The number of aromatic nitrogens is 2. The maximum Gasteiger partial charge on any atom is 0.278 e. The van der Waals surface area contributed by atoms with E-state index in [9.17, 15) is 18.0 Å². The van der Waals surface area contributed by atoms with Crippen LogP contribution in [0.3, 0.4) is 0 Å². The van der Waals surface area contributed by atoms with Crippen molar-refractivity contribution >= 4 is 39.1 Å². The van der Waals surface area contributed by atoms with Gasteiger partial charge in [0, 0.05) is 5.56 Å². The largest absolute Gasteiger partial charge is 0.495 e. The highest BCUT2D eigenvalue weighted by molar-refractivity contribution is 7.98. The lowest BCUT2D eigenvalue weighted by Crippen LogP contribution is -2.23. The van der Waals surface area contributed by atoms with Gasteiger partial charge in [-0.1, -0.05) is 11.8 Å². The number of aromatic amines is 1. The Labute approximate surface area is 148 Å². The van der Waals surface area contributed by atoms with Gasteiger partial charge in [0.15, 0.2) is 22.4 Å². The molecule has 9 nitrogen and oxygen atoms in total. The van der Waals surface area contributed by atoms with Crippen LogP contribution in [-0.4, -0.2) is 37.5 Å². The molecule has 134 valence electrons. The SMILES string of the molecule is COc1ccc(C(C)=O)cc1S(=O)(=O)Nc1c(N)nc(SC)[nH]c1=O. The standard InChI is InChI=1S/C14H16N4O5S2/c1-7(19)8-4-5-9(23-2)10(6-8)25(21,22)18-11-12(15)16-14(24-3)17-13(11)20/h4-6,18H,1-3H3,(H3,15,16,17,20). The molecule has 1 aromatic heterocycles. The number of H-pyrrole nitrogens is 1. The number of anilines is 2. The monoisotopic (exact) mass is 384 g/mol. The molecule has 0 spiro atoms. The molecule has 0 atom stereocenters. The zero-order chi connectivity index (χ0) is 18.8. The maximum absolute atomic E-state index is 12.7. The smallest absolute Gasteiger partial charge is 0.278 e. The van der Waals surface area contributed by atoms with Crippen LogP contribution >= 0.6 is 11.8 Å². The van der Waals surface area contributed by atoms with Crippen LogP contribution in [0.1, 0.15) is 17.3 Å². The number of Topliss-reactive ketones (excluding diaryl/α,β-unsaturated/α-hetero) is 1. The normalized spacial score (nSPS) is 11.2. The van der Waals surface area contributed by atoms with Crippen molar-refractivity contribution in [2.45, 2.75) is 17.0 Å². The van der Waals surface area contributed by atoms with Gasteiger partial charge in [-0.3, -0.25) is 19.3 Å². The summed E-state index contributed by atoms with van der Waals surface area (Å²) in [7, 11) is -2.96. The second-order valence-corrected chi connectivity index (χ2v) is 7.31. The molecular formula is C14H16N4O5S2. The van der Waals surface area contributed by atoms with Gasteiger partial charge in [0.25, 0.3) is 15.6 Å². The van der Waals surface area contributed by atoms with Gasteiger partial charge in [-0.05, 0) is 31.4 Å². The fourth-order valence-electron chi connectivity index (χ4n) is 1.96. The topological polar surface area (TPSA) is 144 Å². The van der Waals surface area contributed by atoms with E-state index in [4.69, 9.17) is 10.5 Å². The molecule has 0 saturated heterocycles. The zero-order valence-corrected chi connectivity index (χ0v) is 15.2. The number of ketones is 1. The summed E-state index contributed by atoms with van der Waals surface area (Å²) < 4.78 is 32.5. The predicted molar refractivity (Wildman–Crippen MR) is 94.9 cm³/mol. The highest BCUT2D eigenvalue weighted by atomic mass is 32.2. The summed E-state index contributed by atoms with van der Waals surface area (Å²) in [6, 6.07) is 3.96. The van der Waals surface area contributed by atoms with E-state index in [2.05, 4.69) is 14.7 Å². The number of sulfonamides is 1. The van der Waals surface area contributed by atoms with Crippen LogP contribution in [0.4, 0.5) is 11.5 Å². The van der Waals surface area contributed by atoms with Crippen LogP contribution < -0.4 is 20.8 Å². The van der Waals surface area contributed by atoms with Crippen LogP contribution in [0.15, 0.2) is 33.0 Å². The number of benzene rings is 1. The molecule has 0 amide bonds. The summed E-state index contributed by atoms with van der Waals surface area (Å²) >= 11 is 1.15. The number of hydrogen-bond donors (Lipinski definition) is 3. The second kappa shape index (κ2) is 7.15. The molecule has 0 bridgehead atoms. The molecule has 0 aliphatic heterocycles. The average Bonchev–Trinajstić information content (AvgIpc) is 2.57. The molecular weight excluding hydrogens is 368 g/mol. The Morgan fingerprint density at radius 2 is 2.08 bits per heavy atom. The minimum absolute atomic E-state index is 0.0150. The van der Waals surface area contributed by atoms with E-state index < -0.39 is 21.3 Å². The van der Waals surface area contributed by atoms with E-state index in [1.54, 1.807) is 6.26 Å². The van der Waals surface area contributed by atoms with Gasteiger partial charge >= 0.3 is 0 Å². The Morgan fingerprint density at radius 3 is 2.60 bits per heavy atom. The predicted octanol–water partition coefficient (Wildman–Crippen LogP) is 1.09. The number of nitrogens with two attached hydrogens (primary N) is 1. The highest BCUT2D eigenvalue weighted by Crippen LogP contribution is 2.27. The lowest BCUT2D eigenvalue weighted by atomic mass is 10.1. The van der Waals surface area contributed by atoms with E-state index in [1.165, 1.54) is 26.2 Å². The quantitative estimate of drug-likeness (QED) is 0.381. The molecule has 0 aliphatic rings. The molecule has 0 fully saturated rings. The third-order valence-corrected chi connectivity index (χ3v) is 5.17. The number of thioether (sulfide) groups is 1. The van der Waals surface area contributed by atoms with E-state index in [1.807, 2.05) is 0 Å². The van der Waals surface area contributed by atoms with Crippen molar-refractivity contribution in [1.29, 1.82) is 0 Å². The Balaban J connectivity index is 2.56. The number of ether oxygens (including phenoxy) is 1. The number of nitrogens with one attached hydrogen (secondary N) is 2. The van der Waals surface area contributed by atoms with Crippen molar-refractivity contribution in [3.8, 4) is 5.75 Å². The summed E-state index contributed by atoms with van der Waals surface area (Å²) in [6.45, 7) is 1.30. The Hall–Kier alpha value is -2.53. The van der Waals surface area contributed by atoms with Crippen LogP contribution in [0, 0.1) is 0 Å². The molecule has 1 aromatic carbocycles. The minimum atomic E-state index is -4.25. The molecule has 0 saturated carbocycles. The summed E-state index contributed by atoms with van der Waals surface area (Å²) in [6.07, 6.45) is 1.68. The average molecular weight is 384 g/mol. The summed E-state index contributed by atoms with van der Waals surface area (Å²) in [5.74, 6) is -0.568. The van der Waals surface area contributed by atoms with E-state index in [0.717, 1.165) is 17.8 Å². The summed E-state index contributed by atoms with van der Waals surface area (Å²) in [5.41, 5.74) is 4.71. The first-order valence-electron chi connectivity index (χ1n) is 6.85. The lowest BCUT2D eigenvalue weighted by Gasteiger charge is -2.13. The summed E-state index contributed by atoms with van der Waals surface area (Å²) in [4.78, 5) is 29.6. The molecule has 1 heterocycles. The third kappa shape index (κ3) is 3.94. The van der Waals surface area contributed by atoms with E-state index in [-0.39, 0.29) is 33.0 Å². The van der Waals surface area contributed by atoms with Crippen LogP contribution in [0.2, 0.25) is 0 Å². The molecule has 25 heavy (non-hydrogen) atoms. The van der Waals surface area contributed by atoms with Crippen molar-refractivity contribution < 1.29 is 17.9 Å². The van der Waals surface area contributed by atoms with Crippen molar-refractivity contribution in [3.05, 3.63) is 34.1 Å². The van der Waals surface area contributed by atoms with Gasteiger partial charge < -0.3 is 10.5 Å². The molecule has 2 aromatic rings. The van der Waals surface area contributed by atoms with Crippen molar-refractivity contribution in [2.75, 3.05) is 23.8 Å². The molecule has 0 aliphatic carbocycles. The highest BCUT2D eigenvalue weighted by Gasteiger charge is 2.24. The fraction of sp³-hybridized carbons (Fsp3) is 0.214. The first-order valence-corrected chi connectivity index (χ1v) is 9.56. The number of nitrogens with zero attached hydrogens (tertiary/aromatic N) is 1.